The zero-order valence-corrected chi connectivity index (χ0v) is 14.2. The minimum absolute atomic E-state index is 0.182. The van der Waals surface area contributed by atoms with Crippen molar-refractivity contribution in [2.45, 2.75) is 13.0 Å². The maximum atomic E-state index is 12.9. The Kier molecular flexibility index (Phi) is 5.88. The smallest absolute Gasteiger partial charge is 0.252 e. The van der Waals surface area contributed by atoms with Crippen molar-refractivity contribution in [2.24, 2.45) is 0 Å². The average molecular weight is 350 g/mol. The lowest BCUT2D eigenvalue weighted by molar-refractivity contribution is 0.0954. The number of anilines is 1. The van der Waals surface area contributed by atoms with Crippen LogP contribution >= 0.6 is 0 Å². The lowest BCUT2D eigenvalue weighted by Gasteiger charge is -2.08. The van der Waals surface area contributed by atoms with Gasteiger partial charge >= 0.3 is 0 Å². The van der Waals surface area contributed by atoms with Gasteiger partial charge in [0.25, 0.3) is 5.91 Å². The number of carbonyl (C=O) groups is 1. The minimum Gasteiger partial charge on any atom is -0.366 e. The fraction of sp³-hybridized carbons (Fsp3) is 0.150. The third kappa shape index (κ3) is 5.11. The molecule has 26 heavy (non-hydrogen) atoms. The van der Waals surface area contributed by atoms with Crippen molar-refractivity contribution in [3.05, 3.63) is 89.6 Å². The number of benzene rings is 1. The summed E-state index contributed by atoms with van der Waals surface area (Å²) in [6.45, 7) is 1.09. The molecule has 3 aromatic rings. The number of hydrogen-bond donors (Lipinski definition) is 2. The quantitative estimate of drug-likeness (QED) is 0.687. The number of nitrogens with one attached hydrogen (secondary N) is 2. The third-order valence-corrected chi connectivity index (χ3v) is 3.83. The van der Waals surface area contributed by atoms with E-state index >= 15 is 0 Å². The first kappa shape index (κ1) is 17.5. The molecule has 5 nitrogen and oxygen atoms in total. The fourth-order valence-electron chi connectivity index (χ4n) is 2.40. The second-order valence-corrected chi connectivity index (χ2v) is 5.78. The second-order valence-electron chi connectivity index (χ2n) is 5.78. The molecule has 0 aliphatic heterocycles. The Morgan fingerprint density at radius 2 is 1.85 bits per heavy atom. The van der Waals surface area contributed by atoms with Crippen LogP contribution in [-0.4, -0.2) is 22.4 Å². The Morgan fingerprint density at radius 1 is 1.00 bits per heavy atom. The lowest BCUT2D eigenvalue weighted by Crippen LogP contribution is -2.25. The molecule has 6 heteroatoms. The maximum Gasteiger partial charge on any atom is 0.252 e. The summed E-state index contributed by atoms with van der Waals surface area (Å²) in [7, 11) is 0. The molecule has 0 bridgehead atoms. The summed E-state index contributed by atoms with van der Waals surface area (Å²) in [5.41, 5.74) is 2.52. The van der Waals surface area contributed by atoms with Crippen LogP contribution < -0.4 is 10.6 Å². The molecule has 1 amide bonds. The normalized spacial score (nSPS) is 10.3. The predicted molar refractivity (Wildman–Crippen MR) is 98.2 cm³/mol. The standard InChI is InChI=1S/C20H19FN4O/c21-18-6-3-15(4-7-18)9-11-23-20(26)17-5-8-19(25-14-17)24-13-16-2-1-10-22-12-16/h1-8,10,12,14H,9,11,13H2,(H,23,26)(H,24,25). The first-order chi connectivity index (χ1) is 12.7. The van der Waals surface area contributed by atoms with Crippen LogP contribution in [-0.2, 0) is 13.0 Å². The van der Waals surface area contributed by atoms with Crippen molar-refractivity contribution in [3.8, 4) is 0 Å². The topological polar surface area (TPSA) is 66.9 Å². The predicted octanol–water partition coefficient (Wildman–Crippen LogP) is 3.20. The van der Waals surface area contributed by atoms with Crippen molar-refractivity contribution in [3.63, 3.8) is 0 Å². The van der Waals surface area contributed by atoms with E-state index in [1.165, 1.54) is 12.1 Å². The van der Waals surface area contributed by atoms with Gasteiger partial charge in [-0.3, -0.25) is 9.78 Å². The van der Waals surface area contributed by atoms with Crippen molar-refractivity contribution >= 4 is 11.7 Å². The number of aromatic nitrogens is 2. The molecule has 132 valence electrons. The van der Waals surface area contributed by atoms with Gasteiger partial charge in [-0.1, -0.05) is 18.2 Å². The zero-order valence-electron chi connectivity index (χ0n) is 14.2. The van der Waals surface area contributed by atoms with Gasteiger partial charge in [0, 0.05) is 31.7 Å². The first-order valence-corrected chi connectivity index (χ1v) is 8.32. The first-order valence-electron chi connectivity index (χ1n) is 8.32. The van der Waals surface area contributed by atoms with E-state index < -0.39 is 0 Å². The Morgan fingerprint density at radius 3 is 2.54 bits per heavy atom. The minimum atomic E-state index is -0.263. The van der Waals surface area contributed by atoms with Crippen molar-refractivity contribution in [2.75, 3.05) is 11.9 Å². The summed E-state index contributed by atoms with van der Waals surface area (Å²) in [5, 5.41) is 6.02. The second kappa shape index (κ2) is 8.71. The maximum absolute atomic E-state index is 12.9. The highest BCUT2D eigenvalue weighted by Gasteiger charge is 2.06. The number of pyridine rings is 2. The summed E-state index contributed by atoms with van der Waals surface area (Å²) >= 11 is 0. The van der Waals surface area contributed by atoms with Gasteiger partial charge in [0.15, 0.2) is 0 Å². The van der Waals surface area contributed by atoms with E-state index in [-0.39, 0.29) is 11.7 Å². The van der Waals surface area contributed by atoms with Crippen molar-refractivity contribution in [1.82, 2.24) is 15.3 Å². The number of hydrogen-bond acceptors (Lipinski definition) is 4. The van der Waals surface area contributed by atoms with E-state index in [1.54, 1.807) is 42.9 Å². The van der Waals surface area contributed by atoms with Crippen molar-refractivity contribution < 1.29 is 9.18 Å². The van der Waals surface area contributed by atoms with Gasteiger partial charge in [0.1, 0.15) is 11.6 Å². The SMILES string of the molecule is O=C(NCCc1ccc(F)cc1)c1ccc(NCc2cccnc2)nc1. The summed E-state index contributed by atoms with van der Waals surface area (Å²) in [4.78, 5) is 20.5. The number of amides is 1. The summed E-state index contributed by atoms with van der Waals surface area (Å²) in [6, 6.07) is 13.6. The molecular formula is C20H19FN4O. The number of rotatable bonds is 7. The van der Waals surface area contributed by atoms with Gasteiger partial charge in [0.2, 0.25) is 0 Å². The molecule has 0 atom stereocenters. The van der Waals surface area contributed by atoms with Gasteiger partial charge in [-0.2, -0.15) is 0 Å². The zero-order chi connectivity index (χ0) is 18.2. The van der Waals surface area contributed by atoms with Crippen LogP contribution in [0.1, 0.15) is 21.5 Å². The van der Waals surface area contributed by atoms with E-state index in [4.69, 9.17) is 0 Å². The van der Waals surface area contributed by atoms with Crippen LogP contribution in [0.4, 0.5) is 10.2 Å². The summed E-state index contributed by atoms with van der Waals surface area (Å²) in [6.07, 6.45) is 5.70. The molecule has 1 aromatic carbocycles. The molecule has 3 rings (SSSR count). The molecule has 0 aliphatic rings. The monoisotopic (exact) mass is 350 g/mol. The van der Waals surface area contributed by atoms with Gasteiger partial charge < -0.3 is 10.6 Å². The number of nitrogens with zero attached hydrogens (tertiary/aromatic N) is 2. The van der Waals surface area contributed by atoms with Gasteiger partial charge in [-0.25, -0.2) is 9.37 Å². The Labute approximate surface area is 151 Å². The number of carbonyl (C=O) groups excluding carboxylic acids is 1. The van der Waals surface area contributed by atoms with Gasteiger partial charge in [-0.05, 0) is 47.9 Å². The van der Waals surface area contributed by atoms with Crippen molar-refractivity contribution in [1.29, 1.82) is 0 Å². The van der Waals surface area contributed by atoms with Crippen LogP contribution in [0.15, 0.2) is 67.1 Å². The molecule has 0 spiro atoms. The molecule has 0 aliphatic carbocycles. The molecular weight excluding hydrogens is 331 g/mol. The Balaban J connectivity index is 1.46. The molecule has 0 fully saturated rings. The largest absolute Gasteiger partial charge is 0.366 e. The Hall–Kier alpha value is -3.28. The Bertz CT molecular complexity index is 836. The molecule has 0 saturated heterocycles. The molecule has 0 unspecified atom stereocenters. The van der Waals surface area contributed by atoms with E-state index in [1.807, 2.05) is 12.1 Å². The van der Waals surface area contributed by atoms with Crippen LogP contribution in [0.5, 0.6) is 0 Å². The highest BCUT2D eigenvalue weighted by molar-refractivity contribution is 5.94. The summed E-state index contributed by atoms with van der Waals surface area (Å²) < 4.78 is 12.9. The van der Waals surface area contributed by atoms with Crippen LogP contribution in [0.3, 0.4) is 0 Å². The van der Waals surface area contributed by atoms with Crippen LogP contribution in [0.25, 0.3) is 0 Å². The molecule has 2 heterocycles. The van der Waals surface area contributed by atoms with Crippen LogP contribution in [0.2, 0.25) is 0 Å². The summed E-state index contributed by atoms with van der Waals surface area (Å²) in [5.74, 6) is 0.247. The van der Waals surface area contributed by atoms with E-state index in [0.29, 0.717) is 30.9 Å². The highest BCUT2D eigenvalue weighted by Crippen LogP contribution is 2.08. The molecule has 2 aromatic heterocycles. The van der Waals surface area contributed by atoms with Gasteiger partial charge in [-0.15, -0.1) is 0 Å². The van der Waals surface area contributed by atoms with Gasteiger partial charge in [0.05, 0.1) is 5.56 Å². The van der Waals surface area contributed by atoms with Crippen LogP contribution in [0, 0.1) is 5.82 Å². The average Bonchev–Trinajstić information content (AvgIpc) is 2.69. The molecule has 0 radical (unpaired) electrons. The fourth-order valence-corrected chi connectivity index (χ4v) is 2.40. The number of halogens is 1. The highest BCUT2D eigenvalue weighted by atomic mass is 19.1. The van der Waals surface area contributed by atoms with E-state index in [9.17, 15) is 9.18 Å². The van der Waals surface area contributed by atoms with E-state index in [0.717, 1.165) is 11.1 Å². The van der Waals surface area contributed by atoms with E-state index in [2.05, 4.69) is 20.6 Å². The lowest BCUT2D eigenvalue weighted by atomic mass is 10.1. The molecule has 0 saturated carbocycles. The third-order valence-electron chi connectivity index (χ3n) is 3.83. The molecule has 2 N–H and O–H groups in total.